The highest BCUT2D eigenvalue weighted by atomic mass is 16.2. The third kappa shape index (κ3) is 4.24. The first-order valence-corrected chi connectivity index (χ1v) is 10.4. The Morgan fingerprint density at radius 3 is 2.48 bits per heavy atom. The number of Topliss-reactive ketones (excluding diaryl/α,β-unsaturated/α-hetero) is 1. The highest BCUT2D eigenvalue weighted by molar-refractivity contribution is 6.00. The molecule has 0 aromatic heterocycles. The van der Waals surface area contributed by atoms with Crippen LogP contribution in [0.15, 0.2) is 36.4 Å². The zero-order valence-electron chi connectivity index (χ0n) is 16.8. The minimum atomic E-state index is -0.169. The molecule has 0 saturated heterocycles. The monoisotopic (exact) mass is 390 g/mol. The van der Waals surface area contributed by atoms with Crippen molar-refractivity contribution in [1.29, 1.82) is 0 Å². The molecule has 5 nitrogen and oxygen atoms in total. The zero-order valence-corrected chi connectivity index (χ0v) is 16.8. The van der Waals surface area contributed by atoms with Gasteiger partial charge in [-0.3, -0.25) is 14.4 Å². The molecule has 2 amide bonds. The van der Waals surface area contributed by atoms with E-state index >= 15 is 0 Å². The second kappa shape index (κ2) is 8.19. The number of ketones is 1. The summed E-state index contributed by atoms with van der Waals surface area (Å²) in [6.07, 6.45) is 5.68. The summed E-state index contributed by atoms with van der Waals surface area (Å²) >= 11 is 0. The fourth-order valence-electron chi connectivity index (χ4n) is 4.31. The average Bonchev–Trinajstić information content (AvgIpc) is 3.15. The molecule has 5 heteroatoms. The fourth-order valence-corrected chi connectivity index (χ4v) is 4.31. The van der Waals surface area contributed by atoms with Gasteiger partial charge < -0.3 is 10.2 Å². The molecule has 0 spiro atoms. The van der Waals surface area contributed by atoms with Crippen LogP contribution in [0, 0.1) is 0 Å². The maximum absolute atomic E-state index is 12.5. The molecule has 150 valence electrons. The number of rotatable bonds is 5. The maximum atomic E-state index is 12.5. The van der Waals surface area contributed by atoms with Crippen LogP contribution in [0.25, 0.3) is 0 Å². The van der Waals surface area contributed by atoms with E-state index in [4.69, 9.17) is 0 Å². The molecule has 0 unspecified atom stereocenters. The topological polar surface area (TPSA) is 66.5 Å². The van der Waals surface area contributed by atoms with Crippen molar-refractivity contribution in [2.45, 2.75) is 51.9 Å². The van der Waals surface area contributed by atoms with Gasteiger partial charge in [-0.05, 0) is 73.1 Å². The van der Waals surface area contributed by atoms with Crippen molar-refractivity contribution in [3.05, 3.63) is 58.7 Å². The molecule has 4 rings (SSSR count). The molecule has 2 aromatic rings. The summed E-state index contributed by atoms with van der Waals surface area (Å²) in [5.74, 6) is -0.126. The van der Waals surface area contributed by atoms with Crippen LogP contribution in [0.1, 0.15) is 59.7 Å². The molecule has 1 heterocycles. The van der Waals surface area contributed by atoms with Gasteiger partial charge in [0.25, 0.3) is 0 Å². The number of anilines is 2. The second-order valence-corrected chi connectivity index (χ2v) is 7.93. The van der Waals surface area contributed by atoms with Crippen molar-refractivity contribution in [2.75, 3.05) is 16.8 Å². The number of amides is 2. The van der Waals surface area contributed by atoms with E-state index in [1.807, 2.05) is 30.3 Å². The molecule has 2 aromatic carbocycles. The van der Waals surface area contributed by atoms with Crippen LogP contribution >= 0.6 is 0 Å². The van der Waals surface area contributed by atoms with Gasteiger partial charge in [-0.15, -0.1) is 0 Å². The first-order chi connectivity index (χ1) is 14.0. The maximum Gasteiger partial charge on any atom is 0.224 e. The molecule has 2 aliphatic rings. The van der Waals surface area contributed by atoms with Gasteiger partial charge >= 0.3 is 0 Å². The van der Waals surface area contributed by atoms with Gasteiger partial charge in [0.2, 0.25) is 11.8 Å². The van der Waals surface area contributed by atoms with Crippen molar-refractivity contribution in [1.82, 2.24) is 0 Å². The van der Waals surface area contributed by atoms with Crippen LogP contribution < -0.4 is 10.2 Å². The lowest BCUT2D eigenvalue weighted by Crippen LogP contribution is -2.25. The van der Waals surface area contributed by atoms with E-state index in [2.05, 4.69) is 11.4 Å². The molecular weight excluding hydrogens is 364 g/mol. The standard InChI is InChI=1S/C24H26N2O3/c1-16(27)26-13-12-19-15-21(8-9-22(19)26)25-24(29)11-10-23(28)20-7-6-17-4-2-3-5-18(17)14-20/h6-9,14-15H,2-5,10-13H2,1H3,(H,25,29). The number of hydrogen-bond donors (Lipinski definition) is 1. The minimum absolute atomic E-state index is 0.0135. The van der Waals surface area contributed by atoms with Crippen molar-refractivity contribution in [3.8, 4) is 0 Å². The lowest BCUT2D eigenvalue weighted by molar-refractivity contribution is -0.117. The Morgan fingerprint density at radius 1 is 0.897 bits per heavy atom. The summed E-state index contributed by atoms with van der Waals surface area (Å²) in [6.45, 7) is 2.24. The predicted octanol–water partition coefficient (Wildman–Crippen LogP) is 4.08. The molecule has 1 N–H and O–H groups in total. The Morgan fingerprint density at radius 2 is 1.69 bits per heavy atom. The normalized spacial score (nSPS) is 14.9. The zero-order chi connectivity index (χ0) is 20.4. The first kappa shape index (κ1) is 19.4. The highest BCUT2D eigenvalue weighted by Crippen LogP contribution is 2.30. The van der Waals surface area contributed by atoms with Gasteiger partial charge in [0.15, 0.2) is 5.78 Å². The minimum Gasteiger partial charge on any atom is -0.326 e. The number of fused-ring (bicyclic) bond motifs is 2. The number of hydrogen-bond acceptors (Lipinski definition) is 3. The van der Waals surface area contributed by atoms with E-state index < -0.39 is 0 Å². The molecule has 1 aliphatic carbocycles. The van der Waals surface area contributed by atoms with E-state index in [-0.39, 0.29) is 30.4 Å². The molecule has 0 radical (unpaired) electrons. The largest absolute Gasteiger partial charge is 0.326 e. The third-order valence-corrected chi connectivity index (χ3v) is 5.89. The Hall–Kier alpha value is -2.95. The van der Waals surface area contributed by atoms with E-state index in [0.29, 0.717) is 17.8 Å². The number of carbonyl (C=O) groups excluding carboxylic acids is 3. The molecular formula is C24H26N2O3. The van der Waals surface area contributed by atoms with Gasteiger partial charge in [0, 0.05) is 43.2 Å². The lowest BCUT2D eigenvalue weighted by Gasteiger charge is -2.16. The van der Waals surface area contributed by atoms with Crippen LogP contribution in [0.4, 0.5) is 11.4 Å². The van der Waals surface area contributed by atoms with Crippen LogP contribution in [0.3, 0.4) is 0 Å². The summed E-state index contributed by atoms with van der Waals surface area (Å²) in [4.78, 5) is 38.2. The fraction of sp³-hybridized carbons (Fsp3) is 0.375. The number of nitrogens with zero attached hydrogens (tertiary/aromatic N) is 1. The second-order valence-electron chi connectivity index (χ2n) is 7.93. The summed E-state index contributed by atoms with van der Waals surface area (Å²) < 4.78 is 0. The smallest absolute Gasteiger partial charge is 0.224 e. The Bertz CT molecular complexity index is 980. The number of carbonyl (C=O) groups is 3. The molecule has 0 saturated carbocycles. The summed E-state index contributed by atoms with van der Waals surface area (Å²) in [5.41, 5.74) is 6.02. The van der Waals surface area contributed by atoms with Crippen molar-refractivity contribution in [2.24, 2.45) is 0 Å². The first-order valence-electron chi connectivity index (χ1n) is 10.4. The molecule has 0 fully saturated rings. The number of nitrogens with one attached hydrogen (secondary N) is 1. The van der Waals surface area contributed by atoms with E-state index in [1.54, 1.807) is 11.8 Å². The van der Waals surface area contributed by atoms with Crippen molar-refractivity contribution < 1.29 is 14.4 Å². The van der Waals surface area contributed by atoms with Gasteiger partial charge in [-0.25, -0.2) is 0 Å². The summed E-state index contributed by atoms with van der Waals surface area (Å²) in [6, 6.07) is 11.6. The van der Waals surface area contributed by atoms with Gasteiger partial charge in [0.1, 0.15) is 0 Å². The average molecular weight is 390 g/mol. The molecule has 1 aliphatic heterocycles. The van der Waals surface area contributed by atoms with Gasteiger partial charge in [0.05, 0.1) is 0 Å². The summed E-state index contributed by atoms with van der Waals surface area (Å²) in [5, 5.41) is 2.88. The third-order valence-electron chi connectivity index (χ3n) is 5.89. The lowest BCUT2D eigenvalue weighted by atomic mass is 9.89. The van der Waals surface area contributed by atoms with Crippen LogP contribution in [0.2, 0.25) is 0 Å². The van der Waals surface area contributed by atoms with E-state index in [9.17, 15) is 14.4 Å². The number of aryl methyl sites for hydroxylation is 2. The van der Waals surface area contributed by atoms with Crippen LogP contribution in [-0.4, -0.2) is 24.1 Å². The van der Waals surface area contributed by atoms with E-state index in [0.717, 1.165) is 30.5 Å². The Balaban J connectivity index is 1.33. The Labute approximate surface area is 171 Å². The molecule has 0 atom stereocenters. The van der Waals surface area contributed by atoms with Crippen molar-refractivity contribution in [3.63, 3.8) is 0 Å². The summed E-state index contributed by atoms with van der Waals surface area (Å²) in [7, 11) is 0. The van der Waals surface area contributed by atoms with Crippen molar-refractivity contribution >= 4 is 29.0 Å². The van der Waals surface area contributed by atoms with Gasteiger partial charge in [-0.2, -0.15) is 0 Å². The van der Waals surface area contributed by atoms with Gasteiger partial charge in [-0.1, -0.05) is 12.1 Å². The number of benzene rings is 2. The predicted molar refractivity (Wildman–Crippen MR) is 113 cm³/mol. The Kier molecular flexibility index (Phi) is 5.47. The highest BCUT2D eigenvalue weighted by Gasteiger charge is 2.22. The quantitative estimate of drug-likeness (QED) is 0.783. The molecule has 29 heavy (non-hydrogen) atoms. The van der Waals surface area contributed by atoms with Crippen LogP contribution in [0.5, 0.6) is 0 Å². The molecule has 0 bridgehead atoms. The van der Waals surface area contributed by atoms with Crippen LogP contribution in [-0.2, 0) is 28.9 Å². The SMILES string of the molecule is CC(=O)N1CCc2cc(NC(=O)CCC(=O)c3ccc4c(c3)CCCC4)ccc21. The van der Waals surface area contributed by atoms with E-state index in [1.165, 1.54) is 24.0 Å².